The molecule has 8 aromatic rings. The van der Waals surface area contributed by atoms with Crippen molar-refractivity contribution in [3.8, 4) is 0 Å². The van der Waals surface area contributed by atoms with E-state index in [0.717, 1.165) is 27.5 Å². The summed E-state index contributed by atoms with van der Waals surface area (Å²) in [4.78, 5) is 17.9. The molecule has 0 radical (unpaired) electrons. The van der Waals surface area contributed by atoms with Crippen LogP contribution in [0.5, 0.6) is 0 Å². The van der Waals surface area contributed by atoms with E-state index >= 15 is 0 Å². The minimum absolute atomic E-state index is 0.494. The molecule has 0 saturated heterocycles. The number of oxazole rings is 1. The van der Waals surface area contributed by atoms with Crippen LogP contribution in [0.25, 0.3) is 37.2 Å². The Kier molecular flexibility index (Phi) is 14.6. The van der Waals surface area contributed by atoms with Crippen molar-refractivity contribution in [2.75, 3.05) is 0 Å². The molecule has 334 valence electrons. The van der Waals surface area contributed by atoms with Gasteiger partial charge in [0.05, 0.1) is 20.9 Å². The molecule has 5 nitrogen and oxygen atoms in total. The Morgan fingerprint density at radius 1 is 0.484 bits per heavy atom. The van der Waals surface area contributed by atoms with Crippen molar-refractivity contribution in [2.45, 2.75) is 130 Å². The molecule has 0 bridgehead atoms. The molecule has 2 aliphatic heterocycles. The van der Waals surface area contributed by atoms with Gasteiger partial charge in [-0.1, -0.05) is 55.7 Å². The quantitative estimate of drug-likeness (QED) is 0.142. The number of thiazole rings is 1. The van der Waals surface area contributed by atoms with Crippen LogP contribution >= 0.6 is 11.3 Å². The smallest absolute Gasteiger partial charge is 0.192 e. The van der Waals surface area contributed by atoms with Gasteiger partial charge >= 0.3 is 77.9 Å². The topological polar surface area (TPSA) is 64.2 Å². The van der Waals surface area contributed by atoms with E-state index in [9.17, 15) is 0 Å². The molecular formula is C55H68N4OSSeSi2. The number of fused-ring (bicyclic) bond motifs is 5. The van der Waals surface area contributed by atoms with Crippen LogP contribution in [0.15, 0.2) is 75.3 Å². The van der Waals surface area contributed by atoms with Crippen LogP contribution < -0.4 is 10.4 Å². The van der Waals surface area contributed by atoms with Crippen molar-refractivity contribution < 1.29 is 4.42 Å². The number of aliphatic imine (C=N–C) groups is 1. The minimum Gasteiger partial charge on any atom is -0.441 e. The van der Waals surface area contributed by atoms with E-state index < -0.39 is 16.1 Å². The monoisotopic (exact) mass is 968 g/mol. The Morgan fingerprint density at radius 3 is 1.66 bits per heavy atom. The van der Waals surface area contributed by atoms with Crippen molar-refractivity contribution in [1.29, 1.82) is 0 Å². The summed E-state index contributed by atoms with van der Waals surface area (Å²) < 4.78 is 9.44. The van der Waals surface area contributed by atoms with Gasteiger partial charge in [-0.3, -0.25) is 4.99 Å². The van der Waals surface area contributed by atoms with Crippen LogP contribution in [0.3, 0.4) is 0 Å². The third-order valence-corrected chi connectivity index (χ3v) is 24.0. The summed E-state index contributed by atoms with van der Waals surface area (Å²) in [6, 6.07) is 22.3. The Hall–Kier alpha value is -4.51. The van der Waals surface area contributed by atoms with Crippen molar-refractivity contribution in [3.63, 3.8) is 0 Å². The fraction of sp³-hybridized carbons (Fsp3) is 0.345. The molecule has 0 amide bonds. The Bertz CT molecular complexity index is 2720. The summed E-state index contributed by atoms with van der Waals surface area (Å²) in [5.74, 6) is 0.731. The van der Waals surface area contributed by atoms with Crippen LogP contribution in [0.2, 0.25) is 26.2 Å². The van der Waals surface area contributed by atoms with Crippen LogP contribution in [0, 0.1) is 90.0 Å². The van der Waals surface area contributed by atoms with Crippen LogP contribution in [-0.2, 0) is 0 Å². The average molecular weight is 968 g/mol. The molecule has 0 aliphatic carbocycles. The largest absolute Gasteiger partial charge is 0.441 e. The third-order valence-electron chi connectivity index (χ3n) is 13.5. The molecule has 5 heterocycles. The first-order valence-electron chi connectivity index (χ1n) is 22.4. The molecule has 0 unspecified atom stereocenters. The molecule has 3 aromatic heterocycles. The van der Waals surface area contributed by atoms with Gasteiger partial charge in [0.25, 0.3) is 0 Å². The predicted molar refractivity (Wildman–Crippen MR) is 287 cm³/mol. The second kappa shape index (κ2) is 19.1. The summed E-state index contributed by atoms with van der Waals surface area (Å²) in [5, 5.41) is 7.25. The summed E-state index contributed by atoms with van der Waals surface area (Å²) in [7, 11) is -2.63. The summed E-state index contributed by atoms with van der Waals surface area (Å²) >= 11 is 2.26. The van der Waals surface area contributed by atoms with Crippen molar-refractivity contribution in [3.05, 3.63) is 143 Å². The number of rotatable bonds is 0. The minimum atomic E-state index is -1.37. The first-order chi connectivity index (χ1) is 29.8. The number of allylic oxidation sites excluding steroid dienone is 1. The molecule has 0 spiro atoms. The van der Waals surface area contributed by atoms with Gasteiger partial charge in [0, 0.05) is 12.3 Å². The predicted octanol–water partition coefficient (Wildman–Crippen LogP) is 14.2. The van der Waals surface area contributed by atoms with Crippen molar-refractivity contribution >= 4 is 101 Å². The number of aromatic nitrogens is 3. The molecular weight excluding hydrogens is 900 g/mol. The van der Waals surface area contributed by atoms with Gasteiger partial charge in [-0.05, 0) is 167 Å². The molecule has 0 N–H and O–H groups in total. The summed E-state index contributed by atoms with van der Waals surface area (Å²) in [5.41, 5.74) is 20.4. The fourth-order valence-corrected chi connectivity index (χ4v) is 15.3. The number of hydrogen-bond acceptors (Lipinski definition) is 6. The van der Waals surface area contributed by atoms with E-state index in [1.807, 2.05) is 13.0 Å². The van der Waals surface area contributed by atoms with Gasteiger partial charge in [-0.15, -0.1) is 11.3 Å². The Morgan fingerprint density at radius 2 is 1.00 bits per heavy atom. The molecule has 9 heteroatoms. The van der Waals surface area contributed by atoms with Gasteiger partial charge in [-0.25, -0.2) is 9.97 Å². The Balaban J connectivity index is 0.000000133. The van der Waals surface area contributed by atoms with Crippen LogP contribution in [-0.4, -0.2) is 50.9 Å². The number of hydrogen-bond donors (Lipinski definition) is 0. The van der Waals surface area contributed by atoms with Crippen LogP contribution in [0.4, 0.5) is 5.69 Å². The van der Waals surface area contributed by atoms with Gasteiger partial charge in [-0.2, -0.15) is 0 Å². The Labute approximate surface area is 395 Å². The van der Waals surface area contributed by atoms with E-state index in [2.05, 4.69) is 204 Å². The molecule has 5 aromatic carbocycles. The normalized spacial score (nSPS) is 14.0. The van der Waals surface area contributed by atoms with E-state index in [-0.39, 0.29) is 0 Å². The maximum atomic E-state index is 5.39. The van der Waals surface area contributed by atoms with E-state index in [1.54, 1.807) is 21.7 Å². The van der Waals surface area contributed by atoms with Gasteiger partial charge in [0.2, 0.25) is 0 Å². The van der Waals surface area contributed by atoms with Gasteiger partial charge in [0.15, 0.2) is 11.5 Å². The third kappa shape index (κ3) is 10.6. The van der Waals surface area contributed by atoms with Crippen molar-refractivity contribution in [1.82, 2.24) is 15.0 Å². The van der Waals surface area contributed by atoms with Crippen molar-refractivity contribution in [2.24, 2.45) is 4.99 Å². The van der Waals surface area contributed by atoms with E-state index in [0.29, 0.717) is 14.5 Å². The summed E-state index contributed by atoms with van der Waals surface area (Å²) in [6.45, 7) is 41.7. The second-order valence-corrected chi connectivity index (χ2v) is 32.1. The van der Waals surface area contributed by atoms with E-state index in [4.69, 9.17) is 4.42 Å². The summed E-state index contributed by atoms with van der Waals surface area (Å²) in [6.07, 6.45) is 2.38. The van der Waals surface area contributed by atoms with Crippen LogP contribution in [0.1, 0.15) is 90.5 Å². The zero-order chi connectivity index (χ0) is 47.2. The van der Waals surface area contributed by atoms with Gasteiger partial charge < -0.3 is 4.42 Å². The molecule has 2 aliphatic rings. The first-order valence-corrected chi connectivity index (χ1v) is 30.9. The van der Waals surface area contributed by atoms with E-state index in [1.165, 1.54) is 96.5 Å². The second-order valence-electron chi connectivity index (χ2n) is 19.2. The zero-order valence-corrected chi connectivity index (χ0v) is 46.4. The SMILES string of the molecule is CC1=Cc2cc(C)c(C)cc2[Si]1(C)C.CC1=Nc2cc(C)c(C)cc2[Si]1(C)C.Cc1nc2cc(C)c(C)cc2[se]1.Cc1nc2cc(C)c(C)cc2o1.Cc1nc2cc(C)c(C)cc2s1. The van der Waals surface area contributed by atoms with Gasteiger partial charge in [0.1, 0.15) is 21.7 Å². The maximum absolute atomic E-state index is 5.39. The average Bonchev–Trinajstić information content (AvgIpc) is 3.96. The maximum Gasteiger partial charge on any atom is 0.192 e. The molecule has 64 heavy (non-hydrogen) atoms. The standard InChI is InChI=1S/C13H18Si.C12H17NSi.C10H11NO.C10H11NS.C10H11NSe/c1-9-6-12-8-11(3)14(4,5)13(12)7-10(9)2;1-8-6-11-12(7-9(8)2)14(4,5)10(3)13-11;3*1-6-4-9-10(5-7(6)2)12-8(3)11-9/h6-8H,1-5H3;6-7H,1-5H3;3*4-5H,1-3H3. The number of benzene rings is 5. The number of nitrogens with zero attached hydrogens (tertiary/aromatic N) is 4. The fourth-order valence-electron chi connectivity index (χ4n) is 7.92. The zero-order valence-electron chi connectivity index (χ0n) is 41.9. The number of aryl methyl sites for hydroxylation is 13. The molecule has 0 atom stereocenters. The molecule has 0 saturated carbocycles. The first kappa shape index (κ1) is 48.9. The molecule has 0 fully saturated rings. The molecule has 10 rings (SSSR count).